The highest BCUT2D eigenvalue weighted by atomic mass is 32.1. The van der Waals surface area contributed by atoms with E-state index in [1.54, 1.807) is 47.7 Å². The van der Waals surface area contributed by atoms with E-state index in [-0.39, 0.29) is 31.3 Å². The molecule has 1 aromatic heterocycles. The molecule has 3 N–H and O–H groups in total. The number of hydrogen-bond acceptors (Lipinski definition) is 10. The lowest BCUT2D eigenvalue weighted by Gasteiger charge is -2.35. The molecule has 2 fully saturated rings. The molecule has 0 radical (unpaired) electrons. The van der Waals surface area contributed by atoms with Gasteiger partial charge in [0.1, 0.15) is 29.1 Å². The highest BCUT2D eigenvalue weighted by Crippen LogP contribution is 2.38. The van der Waals surface area contributed by atoms with Gasteiger partial charge >= 0.3 is 0 Å². The molecule has 7 rings (SSSR count). The van der Waals surface area contributed by atoms with Crippen molar-refractivity contribution < 1.29 is 33.8 Å². The zero-order valence-corrected chi connectivity index (χ0v) is 41.7. The van der Waals surface area contributed by atoms with E-state index in [1.165, 1.54) is 9.80 Å². The number of unbranched alkanes of at least 4 members (excludes halogenated alkanes) is 2. The lowest BCUT2D eigenvalue weighted by molar-refractivity contribution is -0.142. The molecular weight excluding hydrogens is 911 g/mol. The molecule has 16 heteroatoms. The summed E-state index contributed by atoms with van der Waals surface area (Å²) in [6.07, 6.45) is 1.68. The van der Waals surface area contributed by atoms with Crippen LogP contribution in [0.3, 0.4) is 0 Å². The van der Waals surface area contributed by atoms with Gasteiger partial charge in [0.2, 0.25) is 11.8 Å². The molecule has 3 atom stereocenters. The number of aliphatic hydroxyl groups is 1. The van der Waals surface area contributed by atoms with E-state index in [4.69, 9.17) is 28.3 Å². The average molecular weight is 970 g/mol. The molecule has 2 aliphatic heterocycles. The summed E-state index contributed by atoms with van der Waals surface area (Å²) < 4.78 is 12.0. The summed E-state index contributed by atoms with van der Waals surface area (Å²) in [6, 6.07) is 25.6. The minimum atomic E-state index is -0.973. The fourth-order valence-corrected chi connectivity index (χ4v) is 9.84. The van der Waals surface area contributed by atoms with E-state index in [0.29, 0.717) is 46.8 Å². The van der Waals surface area contributed by atoms with Crippen LogP contribution >= 0.6 is 23.6 Å². The number of rotatable bonds is 17. The predicted octanol–water partition coefficient (Wildman–Crippen LogP) is 8.95. The number of benzene rings is 4. The Balaban J connectivity index is 0.839. The summed E-state index contributed by atoms with van der Waals surface area (Å²) in [5.41, 5.74) is 6.15. The van der Waals surface area contributed by atoms with Gasteiger partial charge in [-0.2, -0.15) is 0 Å². The molecule has 0 bridgehead atoms. The minimum absolute atomic E-state index is 0.0165. The van der Waals surface area contributed by atoms with Crippen LogP contribution in [0, 0.1) is 25.8 Å². The number of carbonyl (C=O) groups is 4. The zero-order chi connectivity index (χ0) is 49.6. The van der Waals surface area contributed by atoms with E-state index >= 15 is 0 Å². The van der Waals surface area contributed by atoms with Crippen molar-refractivity contribution in [3.8, 4) is 21.9 Å². The molecule has 5 aromatic rings. The number of nitrogens with zero attached hydrogens (tertiary/aromatic N) is 5. The molecule has 3 heterocycles. The number of β-amino-alcohol motifs (C(OH)–C–C–N with tert-alkyl or cyclic N) is 1. The standard InChI is InChI=1S/C53H59N7O7S2/c1-33-28-39(20-25-43(33)54-8)59-50(65)53(6,7)60(51(59)68)38-18-23-42(24-19-38)67-27-11-9-10-26-66-41-21-16-37(17-22-41)47(62)57-46(52(3,4)5)49(64)58-31-40(61)29-44(58)48(63)55-30-35-12-14-36(15-13-35)45-34(2)56-32-69-45/h12-25,28,32,40,44,46,61H,9-11,26-27,29-31H2,1-7H3,(H,55,63)(H,57,62)/t40-,44+,46-/m1/s1. The van der Waals surface area contributed by atoms with Gasteiger partial charge in [0.25, 0.3) is 11.8 Å². The van der Waals surface area contributed by atoms with Crippen molar-refractivity contribution in [3.63, 3.8) is 0 Å². The van der Waals surface area contributed by atoms with E-state index < -0.39 is 41.0 Å². The van der Waals surface area contributed by atoms with Crippen LogP contribution in [0.25, 0.3) is 15.3 Å². The molecular formula is C53H59N7O7S2. The van der Waals surface area contributed by atoms with Gasteiger partial charge in [-0.25, -0.2) is 9.83 Å². The van der Waals surface area contributed by atoms with Gasteiger partial charge in [-0.3, -0.25) is 24.1 Å². The number of thiazole rings is 1. The highest BCUT2D eigenvalue weighted by Gasteiger charge is 2.50. The Bertz CT molecular complexity index is 2730. The second-order valence-corrected chi connectivity index (χ2v) is 20.2. The highest BCUT2D eigenvalue weighted by molar-refractivity contribution is 7.81. The van der Waals surface area contributed by atoms with Crippen LogP contribution in [-0.4, -0.2) is 87.2 Å². The quantitative estimate of drug-likeness (QED) is 0.0467. The third kappa shape index (κ3) is 11.4. The van der Waals surface area contributed by atoms with Crippen molar-refractivity contribution in [3.05, 3.63) is 130 Å². The third-order valence-electron chi connectivity index (χ3n) is 12.4. The Morgan fingerprint density at radius 3 is 2.13 bits per heavy atom. The van der Waals surface area contributed by atoms with Gasteiger partial charge in [0.05, 0.1) is 42.0 Å². The molecule has 360 valence electrons. The van der Waals surface area contributed by atoms with E-state index in [9.17, 15) is 24.3 Å². The molecule has 4 amide bonds. The molecule has 69 heavy (non-hydrogen) atoms. The molecule has 0 unspecified atom stereocenters. The van der Waals surface area contributed by atoms with Crippen molar-refractivity contribution in [1.82, 2.24) is 20.5 Å². The second-order valence-electron chi connectivity index (χ2n) is 19.0. The minimum Gasteiger partial charge on any atom is -0.494 e. The number of hydrogen-bond donors (Lipinski definition) is 3. The van der Waals surface area contributed by atoms with Crippen molar-refractivity contribution in [1.29, 1.82) is 0 Å². The maximum absolute atomic E-state index is 14.1. The Morgan fingerprint density at radius 1 is 0.928 bits per heavy atom. The SMILES string of the molecule is [C-]#[N+]c1ccc(N2C(=O)C(C)(C)N(c3ccc(OCCCCCOc4ccc(C(=O)N[C@H](C(=O)N5C[C@H](O)C[C@H]5C(=O)NCc5ccc(-c6scnc6C)cc5)C(C)(C)C)cc4)cc3)C2=S)cc1C. The van der Waals surface area contributed by atoms with Gasteiger partial charge in [-0.15, -0.1) is 11.3 Å². The number of thiocarbonyl (C=S) groups is 1. The molecule has 0 saturated carbocycles. The molecule has 4 aromatic carbocycles. The summed E-state index contributed by atoms with van der Waals surface area (Å²) in [7, 11) is 0. The Hall–Kier alpha value is -6.67. The number of aryl methyl sites for hydroxylation is 2. The predicted molar refractivity (Wildman–Crippen MR) is 273 cm³/mol. The summed E-state index contributed by atoms with van der Waals surface area (Å²) in [4.78, 5) is 68.5. The Kier molecular flexibility index (Phi) is 15.5. The van der Waals surface area contributed by atoms with E-state index in [2.05, 4.69) is 20.5 Å². The van der Waals surface area contributed by atoms with Gasteiger partial charge in [0, 0.05) is 36.4 Å². The molecule has 0 aliphatic carbocycles. The molecule has 2 aliphatic rings. The number of aliphatic hydroxyl groups excluding tert-OH is 1. The largest absolute Gasteiger partial charge is 0.494 e. The topological polar surface area (TPSA) is 158 Å². The van der Waals surface area contributed by atoms with Gasteiger partial charge in [-0.1, -0.05) is 51.1 Å². The number of carbonyl (C=O) groups excluding carboxylic acids is 4. The summed E-state index contributed by atoms with van der Waals surface area (Å²) in [6.45, 7) is 21.6. The number of likely N-dealkylation sites (tertiary alicyclic amines) is 1. The van der Waals surface area contributed by atoms with Crippen LogP contribution in [0.4, 0.5) is 17.1 Å². The molecule has 14 nitrogen and oxygen atoms in total. The first-order valence-corrected chi connectivity index (χ1v) is 24.3. The second kappa shape index (κ2) is 21.3. The maximum atomic E-state index is 14.1. The third-order valence-corrected chi connectivity index (χ3v) is 13.8. The van der Waals surface area contributed by atoms with Crippen LogP contribution in [-0.2, 0) is 20.9 Å². The molecule has 2 saturated heterocycles. The zero-order valence-electron chi connectivity index (χ0n) is 40.1. The lowest BCUT2D eigenvalue weighted by Crippen LogP contribution is -2.57. The first-order valence-electron chi connectivity index (χ1n) is 23.1. The van der Waals surface area contributed by atoms with Crippen LogP contribution in [0.15, 0.2) is 96.5 Å². The van der Waals surface area contributed by atoms with Crippen LogP contribution in [0.1, 0.15) is 87.5 Å². The monoisotopic (exact) mass is 969 g/mol. The normalized spacial score (nSPS) is 17.1. The van der Waals surface area contributed by atoms with E-state index in [0.717, 1.165) is 52.2 Å². The van der Waals surface area contributed by atoms with Crippen molar-refractivity contribution in [2.24, 2.45) is 5.41 Å². The van der Waals surface area contributed by atoms with Crippen molar-refractivity contribution in [2.75, 3.05) is 29.6 Å². The van der Waals surface area contributed by atoms with E-state index in [1.807, 2.05) is 113 Å². The maximum Gasteiger partial charge on any atom is 0.259 e. The van der Waals surface area contributed by atoms with Crippen molar-refractivity contribution in [2.45, 2.75) is 104 Å². The first-order chi connectivity index (χ1) is 32.9. The smallest absolute Gasteiger partial charge is 0.259 e. The fourth-order valence-electron chi connectivity index (χ4n) is 8.51. The molecule has 0 spiro atoms. The average Bonchev–Trinajstić information content (AvgIpc) is 3.99. The number of nitrogens with one attached hydrogen (secondary N) is 2. The van der Waals surface area contributed by atoms with Crippen LogP contribution < -0.4 is 29.9 Å². The number of amides is 4. The van der Waals surface area contributed by atoms with Gasteiger partial charge < -0.3 is 35.0 Å². The van der Waals surface area contributed by atoms with Crippen LogP contribution in [0.5, 0.6) is 11.5 Å². The van der Waals surface area contributed by atoms with Crippen molar-refractivity contribution >= 4 is 69.4 Å². The number of anilines is 2. The Labute approximate surface area is 413 Å². The summed E-state index contributed by atoms with van der Waals surface area (Å²) >= 11 is 7.40. The van der Waals surface area contributed by atoms with Crippen LogP contribution in [0.2, 0.25) is 0 Å². The number of aromatic nitrogens is 1. The van der Waals surface area contributed by atoms with Gasteiger partial charge in [-0.05, 0) is 142 Å². The summed E-state index contributed by atoms with van der Waals surface area (Å²) in [5.74, 6) is -0.0862. The van der Waals surface area contributed by atoms with Gasteiger partial charge in [0.15, 0.2) is 10.8 Å². The number of ether oxygens (including phenoxy) is 2. The lowest BCUT2D eigenvalue weighted by atomic mass is 9.85. The fraction of sp³-hybridized carbons (Fsp3) is 0.377. The Morgan fingerprint density at radius 2 is 1.55 bits per heavy atom. The summed E-state index contributed by atoms with van der Waals surface area (Å²) in [5, 5.41) is 16.8. The first kappa shape index (κ1) is 50.2.